The van der Waals surface area contributed by atoms with Gasteiger partial charge in [0.25, 0.3) is 10.1 Å². The normalized spacial score (nSPS) is 12.8. The maximum Gasteiger partial charge on any atom is 0.374 e. The van der Waals surface area contributed by atoms with Crippen molar-refractivity contribution in [2.75, 3.05) is 0 Å². The van der Waals surface area contributed by atoms with E-state index in [4.69, 9.17) is 13.7 Å². The number of unbranched alkanes of at least 4 members (excludes halogenated alkanes) is 9. The van der Waals surface area contributed by atoms with Crippen LogP contribution in [-0.2, 0) is 20.6 Å². The number of hydrogen-bond donors (Lipinski definition) is 1. The Morgan fingerprint density at radius 1 is 0.931 bits per heavy atom. The second kappa shape index (κ2) is 14.6. The van der Waals surface area contributed by atoms with Crippen molar-refractivity contribution in [2.45, 2.75) is 109 Å². The smallest absolute Gasteiger partial charge is 0.374 e. The zero-order chi connectivity index (χ0) is 21.5. The van der Waals surface area contributed by atoms with E-state index < -0.39 is 21.8 Å². The predicted molar refractivity (Wildman–Crippen MR) is 115 cm³/mol. The van der Waals surface area contributed by atoms with Gasteiger partial charge < -0.3 is 9.15 Å². The molecule has 1 unspecified atom stereocenters. The fraction of sp³-hybridized carbons (Fsp3) is 0.773. The van der Waals surface area contributed by atoms with Crippen LogP contribution in [0.1, 0.15) is 114 Å². The standard InChI is InChI=1S/C22H38O6S/c1-3-5-7-9-11-13-15-19(14-12-10-8-6-4-2)28-22(23)21-17-16-20(27-21)18-29(24,25)26/h16-17,19H,3-15,18H2,1-2H3,(H,24,25,26). The number of rotatable bonds is 17. The molecule has 1 atom stereocenters. The Morgan fingerprint density at radius 3 is 1.97 bits per heavy atom. The van der Waals surface area contributed by atoms with Gasteiger partial charge in [-0.1, -0.05) is 71.6 Å². The predicted octanol–water partition coefficient (Wildman–Crippen LogP) is 6.30. The zero-order valence-electron chi connectivity index (χ0n) is 18.0. The topological polar surface area (TPSA) is 93.8 Å². The first kappa shape index (κ1) is 25.7. The van der Waals surface area contributed by atoms with E-state index in [0.29, 0.717) is 0 Å². The molecular formula is C22H38O6S. The molecule has 0 spiro atoms. The van der Waals surface area contributed by atoms with Crippen LogP contribution in [0.2, 0.25) is 0 Å². The lowest BCUT2D eigenvalue weighted by molar-refractivity contribution is 0.0212. The van der Waals surface area contributed by atoms with Crippen molar-refractivity contribution in [3.63, 3.8) is 0 Å². The number of carbonyl (C=O) groups excluding carboxylic acids is 1. The Kier molecular flexibility index (Phi) is 12.9. The molecule has 0 aromatic carbocycles. The first-order valence-corrected chi connectivity index (χ1v) is 12.7. The quantitative estimate of drug-likeness (QED) is 0.177. The average Bonchev–Trinajstić information content (AvgIpc) is 3.10. The molecule has 0 saturated heterocycles. The van der Waals surface area contributed by atoms with Gasteiger partial charge in [-0.3, -0.25) is 4.55 Å². The van der Waals surface area contributed by atoms with E-state index in [1.807, 2.05) is 0 Å². The zero-order valence-corrected chi connectivity index (χ0v) is 18.8. The minimum atomic E-state index is -4.20. The molecule has 6 nitrogen and oxygen atoms in total. The van der Waals surface area contributed by atoms with E-state index in [2.05, 4.69) is 13.8 Å². The highest BCUT2D eigenvalue weighted by molar-refractivity contribution is 7.84. The maximum absolute atomic E-state index is 12.4. The fourth-order valence-electron chi connectivity index (χ4n) is 3.34. The lowest BCUT2D eigenvalue weighted by Crippen LogP contribution is -2.18. The lowest BCUT2D eigenvalue weighted by Gasteiger charge is -2.17. The monoisotopic (exact) mass is 430 g/mol. The van der Waals surface area contributed by atoms with Crippen LogP contribution in [-0.4, -0.2) is 25.0 Å². The number of esters is 1. The third-order valence-corrected chi connectivity index (χ3v) is 5.62. The summed E-state index contributed by atoms with van der Waals surface area (Å²) in [4.78, 5) is 12.4. The van der Waals surface area contributed by atoms with E-state index in [-0.39, 0.29) is 17.6 Å². The summed E-state index contributed by atoms with van der Waals surface area (Å²) in [6.45, 7) is 4.38. The molecule has 168 valence electrons. The SMILES string of the molecule is CCCCCCCCC(CCCCCCC)OC(=O)c1ccc(CS(=O)(=O)O)o1. The molecule has 1 N–H and O–H groups in total. The second-order valence-electron chi connectivity index (χ2n) is 7.78. The number of carbonyl (C=O) groups is 1. The van der Waals surface area contributed by atoms with Gasteiger partial charge in [-0.2, -0.15) is 8.42 Å². The van der Waals surface area contributed by atoms with Crippen LogP contribution in [0, 0.1) is 0 Å². The van der Waals surface area contributed by atoms with E-state index >= 15 is 0 Å². The highest BCUT2D eigenvalue weighted by Gasteiger charge is 2.20. The van der Waals surface area contributed by atoms with Gasteiger partial charge in [0.05, 0.1) is 0 Å². The molecule has 1 aromatic heterocycles. The van der Waals surface area contributed by atoms with Gasteiger partial charge in [0.2, 0.25) is 5.76 Å². The van der Waals surface area contributed by atoms with Gasteiger partial charge in [0, 0.05) is 0 Å². The van der Waals surface area contributed by atoms with E-state index in [1.165, 1.54) is 57.1 Å². The van der Waals surface area contributed by atoms with Gasteiger partial charge in [-0.15, -0.1) is 0 Å². The molecule has 0 fully saturated rings. The van der Waals surface area contributed by atoms with Gasteiger partial charge in [-0.05, 0) is 37.8 Å². The van der Waals surface area contributed by atoms with Gasteiger partial charge in [0.15, 0.2) is 0 Å². The van der Waals surface area contributed by atoms with Crippen LogP contribution in [0.5, 0.6) is 0 Å². The Morgan fingerprint density at radius 2 is 1.45 bits per heavy atom. The van der Waals surface area contributed by atoms with Crippen molar-refractivity contribution < 1.29 is 26.9 Å². The molecule has 1 aromatic rings. The first-order valence-electron chi connectivity index (χ1n) is 11.1. The average molecular weight is 431 g/mol. The van der Waals surface area contributed by atoms with Crippen LogP contribution in [0.25, 0.3) is 0 Å². The van der Waals surface area contributed by atoms with Crippen LogP contribution >= 0.6 is 0 Å². The molecule has 0 radical (unpaired) electrons. The summed E-state index contributed by atoms with van der Waals surface area (Å²) >= 11 is 0. The molecule has 1 rings (SSSR count). The molecule has 29 heavy (non-hydrogen) atoms. The Balaban J connectivity index is 2.53. The third kappa shape index (κ3) is 12.7. The van der Waals surface area contributed by atoms with Crippen molar-refractivity contribution in [2.24, 2.45) is 0 Å². The summed E-state index contributed by atoms with van der Waals surface area (Å²) in [5.74, 6) is -1.23. The minimum absolute atomic E-state index is 0.0199. The van der Waals surface area contributed by atoms with Crippen LogP contribution in [0.15, 0.2) is 16.5 Å². The maximum atomic E-state index is 12.4. The summed E-state index contributed by atoms with van der Waals surface area (Å²) in [7, 11) is -4.20. The van der Waals surface area contributed by atoms with Crippen molar-refractivity contribution in [1.29, 1.82) is 0 Å². The summed E-state index contributed by atoms with van der Waals surface area (Å²) in [5.41, 5.74) is 0. The highest BCUT2D eigenvalue weighted by Crippen LogP contribution is 2.19. The van der Waals surface area contributed by atoms with Crippen molar-refractivity contribution in [3.8, 4) is 0 Å². The molecule has 0 bridgehead atoms. The molecule has 0 saturated carbocycles. The number of furan rings is 1. The van der Waals surface area contributed by atoms with Gasteiger partial charge >= 0.3 is 5.97 Å². The van der Waals surface area contributed by atoms with E-state index in [0.717, 1.165) is 38.5 Å². The molecule has 0 aliphatic carbocycles. The Hall–Kier alpha value is -1.34. The first-order chi connectivity index (χ1) is 13.9. The number of hydrogen-bond acceptors (Lipinski definition) is 5. The number of ether oxygens (including phenoxy) is 1. The summed E-state index contributed by atoms with van der Waals surface area (Å²) in [5, 5.41) is 0. The minimum Gasteiger partial charge on any atom is -0.457 e. The van der Waals surface area contributed by atoms with Crippen LogP contribution in [0.3, 0.4) is 0 Å². The summed E-state index contributed by atoms with van der Waals surface area (Å²) in [6.07, 6.45) is 14.4. The molecular weight excluding hydrogens is 392 g/mol. The lowest BCUT2D eigenvalue weighted by atomic mass is 10.0. The van der Waals surface area contributed by atoms with E-state index in [1.54, 1.807) is 0 Å². The summed E-state index contributed by atoms with van der Waals surface area (Å²) < 4.78 is 41.7. The fourth-order valence-corrected chi connectivity index (χ4v) is 3.86. The Labute approximate surface area is 176 Å². The second-order valence-corrected chi connectivity index (χ2v) is 9.23. The molecule has 1 heterocycles. The van der Waals surface area contributed by atoms with E-state index in [9.17, 15) is 13.2 Å². The third-order valence-electron chi connectivity index (χ3n) is 4.97. The van der Waals surface area contributed by atoms with Crippen LogP contribution in [0.4, 0.5) is 0 Å². The molecule has 7 heteroatoms. The summed E-state index contributed by atoms with van der Waals surface area (Å²) in [6, 6.07) is 2.77. The molecule has 0 aliphatic heterocycles. The largest absolute Gasteiger partial charge is 0.457 e. The van der Waals surface area contributed by atoms with Crippen molar-refractivity contribution in [3.05, 3.63) is 23.7 Å². The van der Waals surface area contributed by atoms with Gasteiger partial charge in [-0.25, -0.2) is 4.79 Å². The van der Waals surface area contributed by atoms with Crippen molar-refractivity contribution in [1.82, 2.24) is 0 Å². The van der Waals surface area contributed by atoms with Crippen LogP contribution < -0.4 is 0 Å². The van der Waals surface area contributed by atoms with Crippen molar-refractivity contribution >= 4 is 16.1 Å². The highest BCUT2D eigenvalue weighted by atomic mass is 32.2. The van der Waals surface area contributed by atoms with Gasteiger partial charge in [0.1, 0.15) is 17.6 Å². The Bertz CT molecular complexity index is 665. The molecule has 0 aliphatic rings. The molecule has 0 amide bonds.